The van der Waals surface area contributed by atoms with Crippen LogP contribution >= 0.6 is 0 Å². The molecule has 0 radical (unpaired) electrons. The van der Waals surface area contributed by atoms with Gasteiger partial charge in [0.05, 0.1) is 6.67 Å². The first-order chi connectivity index (χ1) is 9.05. The first-order valence-corrected chi connectivity index (χ1v) is 8.30. The van der Waals surface area contributed by atoms with Crippen molar-refractivity contribution >= 4 is 0 Å². The van der Waals surface area contributed by atoms with Gasteiger partial charge in [-0.1, -0.05) is 19.3 Å². The molecule has 1 unspecified atom stereocenters. The van der Waals surface area contributed by atoms with Crippen LogP contribution < -0.4 is 0 Å². The lowest BCUT2D eigenvalue weighted by atomic mass is 9.80. The van der Waals surface area contributed by atoms with Crippen molar-refractivity contribution in [2.24, 2.45) is 5.92 Å². The minimum Gasteiger partial charge on any atom is -0.353 e. The Bertz CT molecular complexity index is 347. The van der Waals surface area contributed by atoms with Gasteiger partial charge < -0.3 is 9.80 Å². The second-order valence-electron chi connectivity index (χ2n) is 7.73. The molecule has 2 heteroatoms. The summed E-state index contributed by atoms with van der Waals surface area (Å²) in [6.45, 7) is 8.13. The van der Waals surface area contributed by atoms with Gasteiger partial charge in [-0.15, -0.1) is 0 Å². The molecule has 0 N–H and O–H groups in total. The van der Waals surface area contributed by atoms with E-state index in [1.807, 2.05) is 0 Å². The van der Waals surface area contributed by atoms with E-state index in [1.54, 1.807) is 5.70 Å². The van der Waals surface area contributed by atoms with Gasteiger partial charge in [-0.25, -0.2) is 0 Å². The highest BCUT2D eigenvalue weighted by Crippen LogP contribution is 2.40. The number of allylic oxidation sites excluding steroid dienone is 1. The molecule has 2 aliphatic heterocycles. The van der Waals surface area contributed by atoms with Crippen molar-refractivity contribution < 1.29 is 0 Å². The lowest BCUT2D eigenvalue weighted by molar-refractivity contribution is 0.0755. The molecule has 3 rings (SSSR count). The highest BCUT2D eigenvalue weighted by atomic mass is 15.4. The molecule has 1 saturated carbocycles. The van der Waals surface area contributed by atoms with Gasteiger partial charge >= 0.3 is 0 Å². The van der Waals surface area contributed by atoms with E-state index in [2.05, 4.69) is 36.8 Å². The molecular weight excluding hydrogens is 232 g/mol. The Morgan fingerprint density at radius 3 is 2.42 bits per heavy atom. The van der Waals surface area contributed by atoms with E-state index < -0.39 is 0 Å². The van der Waals surface area contributed by atoms with Crippen molar-refractivity contribution in [3.8, 4) is 0 Å². The number of hydrogen-bond donors (Lipinski definition) is 0. The third-order valence-electron chi connectivity index (χ3n) is 5.37. The molecular formula is C17H30N2. The fraction of sp³-hybridized carbons (Fsp3) is 0.882. The van der Waals surface area contributed by atoms with Gasteiger partial charge in [0.15, 0.2) is 0 Å². The van der Waals surface area contributed by atoms with Crippen molar-refractivity contribution in [2.75, 3.05) is 6.67 Å². The van der Waals surface area contributed by atoms with Crippen LogP contribution in [0.3, 0.4) is 0 Å². The van der Waals surface area contributed by atoms with Crippen LogP contribution in [0.1, 0.15) is 72.1 Å². The van der Waals surface area contributed by atoms with Gasteiger partial charge in [-0.2, -0.15) is 0 Å². The Hall–Kier alpha value is -0.660. The van der Waals surface area contributed by atoms with Crippen molar-refractivity contribution in [3.63, 3.8) is 0 Å². The van der Waals surface area contributed by atoms with Gasteiger partial charge in [0.1, 0.15) is 0 Å². The summed E-state index contributed by atoms with van der Waals surface area (Å²) in [6.07, 6.45) is 14.0. The van der Waals surface area contributed by atoms with E-state index in [9.17, 15) is 0 Å². The van der Waals surface area contributed by atoms with Crippen LogP contribution in [0.5, 0.6) is 0 Å². The quantitative estimate of drug-likeness (QED) is 0.694. The predicted octanol–water partition coefficient (Wildman–Crippen LogP) is 4.33. The molecule has 2 heterocycles. The smallest absolute Gasteiger partial charge is 0.0903 e. The molecule has 19 heavy (non-hydrogen) atoms. The average Bonchev–Trinajstić information content (AvgIpc) is 2.83. The third kappa shape index (κ3) is 2.64. The Labute approximate surface area is 118 Å². The number of nitrogens with zero attached hydrogens (tertiary/aromatic N) is 2. The summed E-state index contributed by atoms with van der Waals surface area (Å²) in [5.41, 5.74) is 1.89. The van der Waals surface area contributed by atoms with Crippen molar-refractivity contribution in [2.45, 2.75) is 83.7 Å². The van der Waals surface area contributed by atoms with E-state index in [-0.39, 0.29) is 5.54 Å². The van der Waals surface area contributed by atoms with Crippen LogP contribution in [0.15, 0.2) is 11.9 Å². The van der Waals surface area contributed by atoms with Crippen molar-refractivity contribution in [3.05, 3.63) is 11.9 Å². The zero-order valence-corrected chi connectivity index (χ0v) is 13.0. The molecule has 1 aliphatic carbocycles. The van der Waals surface area contributed by atoms with Gasteiger partial charge in [0.2, 0.25) is 0 Å². The minimum atomic E-state index is 0.265. The molecule has 0 bridgehead atoms. The van der Waals surface area contributed by atoms with Crippen molar-refractivity contribution in [1.82, 2.24) is 9.80 Å². The zero-order valence-electron chi connectivity index (χ0n) is 13.0. The minimum absolute atomic E-state index is 0.265. The topological polar surface area (TPSA) is 6.48 Å². The van der Waals surface area contributed by atoms with Crippen LogP contribution in [-0.4, -0.2) is 28.0 Å². The number of piperidine rings is 1. The largest absolute Gasteiger partial charge is 0.353 e. The average molecular weight is 262 g/mol. The Morgan fingerprint density at radius 1 is 1.00 bits per heavy atom. The van der Waals surface area contributed by atoms with Crippen LogP contribution in [0.25, 0.3) is 0 Å². The second-order valence-corrected chi connectivity index (χ2v) is 7.73. The van der Waals surface area contributed by atoms with Gasteiger partial charge in [-0.3, -0.25) is 0 Å². The number of fused-ring (bicyclic) bond motifs is 1. The molecule has 2 fully saturated rings. The molecule has 0 amide bonds. The van der Waals surface area contributed by atoms with Gasteiger partial charge in [0, 0.05) is 23.5 Å². The second kappa shape index (κ2) is 5.03. The highest BCUT2D eigenvalue weighted by molar-refractivity contribution is 5.13. The third-order valence-corrected chi connectivity index (χ3v) is 5.37. The molecule has 2 nitrogen and oxygen atoms in total. The lowest BCUT2D eigenvalue weighted by Crippen LogP contribution is -2.46. The monoisotopic (exact) mass is 262 g/mol. The fourth-order valence-corrected chi connectivity index (χ4v) is 4.14. The van der Waals surface area contributed by atoms with Gasteiger partial charge in [-0.05, 0) is 58.8 Å². The standard InChI is InChI=1S/C17H30N2/c1-17(2,3)18-12-15-10-7-11-16(19(15)13-18)14-8-5-4-6-9-14/h12,14,16H,4-11,13H2,1-3H3. The van der Waals surface area contributed by atoms with E-state index >= 15 is 0 Å². The fourth-order valence-electron chi connectivity index (χ4n) is 4.14. The van der Waals surface area contributed by atoms with E-state index in [0.717, 1.165) is 18.6 Å². The summed E-state index contributed by atoms with van der Waals surface area (Å²) >= 11 is 0. The summed E-state index contributed by atoms with van der Waals surface area (Å²) in [6, 6.07) is 0.840. The molecule has 1 saturated heterocycles. The molecule has 0 aromatic heterocycles. The maximum Gasteiger partial charge on any atom is 0.0903 e. The summed E-state index contributed by atoms with van der Waals surface area (Å²) in [7, 11) is 0. The first-order valence-electron chi connectivity index (χ1n) is 8.30. The summed E-state index contributed by atoms with van der Waals surface area (Å²) in [5.74, 6) is 0.970. The maximum absolute atomic E-state index is 2.75. The van der Waals surface area contributed by atoms with E-state index in [4.69, 9.17) is 0 Å². The van der Waals surface area contributed by atoms with Crippen LogP contribution in [0, 0.1) is 5.92 Å². The van der Waals surface area contributed by atoms with Crippen LogP contribution in [0.4, 0.5) is 0 Å². The summed E-state index contributed by atoms with van der Waals surface area (Å²) < 4.78 is 0. The Kier molecular flexibility index (Phi) is 3.53. The van der Waals surface area contributed by atoms with Crippen LogP contribution in [0.2, 0.25) is 0 Å². The molecule has 1 atom stereocenters. The molecule has 0 aromatic rings. The zero-order chi connectivity index (χ0) is 13.5. The van der Waals surface area contributed by atoms with Gasteiger partial charge in [0.25, 0.3) is 0 Å². The van der Waals surface area contributed by atoms with Crippen LogP contribution in [-0.2, 0) is 0 Å². The summed E-state index contributed by atoms with van der Waals surface area (Å²) in [5, 5.41) is 0. The SMILES string of the molecule is CC(C)(C)N1C=C2CCCC(C3CCCCC3)N2C1. The molecule has 0 aromatic carbocycles. The van der Waals surface area contributed by atoms with E-state index in [1.165, 1.54) is 51.4 Å². The molecule has 3 aliphatic rings. The van der Waals surface area contributed by atoms with Crippen molar-refractivity contribution in [1.29, 1.82) is 0 Å². The van der Waals surface area contributed by atoms with E-state index in [0.29, 0.717) is 0 Å². The molecule has 108 valence electrons. The maximum atomic E-state index is 2.75. The normalized spacial score (nSPS) is 29.4. The Balaban J connectivity index is 1.73. The predicted molar refractivity (Wildman–Crippen MR) is 80.6 cm³/mol. The number of hydrogen-bond acceptors (Lipinski definition) is 2. The number of rotatable bonds is 1. The Morgan fingerprint density at radius 2 is 1.74 bits per heavy atom. The molecule has 0 spiro atoms. The first kappa shape index (κ1) is 13.3. The summed E-state index contributed by atoms with van der Waals surface area (Å²) in [4.78, 5) is 5.30. The lowest BCUT2D eigenvalue weighted by Gasteiger charge is -2.43. The highest BCUT2D eigenvalue weighted by Gasteiger charge is 2.37.